The minimum atomic E-state index is 1.11. The van der Waals surface area contributed by atoms with Gasteiger partial charge in [0.2, 0.25) is 5.52 Å². The lowest BCUT2D eigenvalue weighted by Gasteiger charge is -2.15. The Bertz CT molecular complexity index is 800. The molecule has 106 valence electrons. The number of aryl methyl sites for hydroxylation is 3. The first-order chi connectivity index (χ1) is 10.4. The first kappa shape index (κ1) is 13.0. The van der Waals surface area contributed by atoms with Crippen LogP contribution in [0.4, 0.5) is 0 Å². The summed E-state index contributed by atoms with van der Waals surface area (Å²) in [6.07, 6.45) is 4.90. The van der Waals surface area contributed by atoms with E-state index >= 15 is 0 Å². The highest BCUT2D eigenvalue weighted by molar-refractivity contribution is 7.21. The molecule has 0 fully saturated rings. The second-order valence-electron chi connectivity index (χ2n) is 5.83. The van der Waals surface area contributed by atoms with Gasteiger partial charge in [0, 0.05) is 12.5 Å². The predicted octanol–water partition coefficient (Wildman–Crippen LogP) is 4.75. The predicted molar refractivity (Wildman–Crippen MR) is 89.8 cm³/mol. The van der Waals surface area contributed by atoms with Crippen LogP contribution >= 0.6 is 11.3 Å². The van der Waals surface area contributed by atoms with Gasteiger partial charge in [-0.1, -0.05) is 55.0 Å². The molecule has 4 rings (SSSR count). The quantitative estimate of drug-likeness (QED) is 0.613. The molecule has 0 radical (unpaired) electrons. The maximum absolute atomic E-state index is 2.53. The van der Waals surface area contributed by atoms with Crippen molar-refractivity contribution in [2.45, 2.75) is 39.2 Å². The van der Waals surface area contributed by atoms with E-state index < -0.39 is 0 Å². The average molecular weight is 294 g/mol. The van der Waals surface area contributed by atoms with E-state index in [2.05, 4.69) is 54.0 Å². The summed E-state index contributed by atoms with van der Waals surface area (Å²) < 4.78 is 3.93. The molecular weight excluding hydrogens is 274 g/mol. The SMILES string of the molecule is CCCCc1cccc2c1-c1sc3ccccc3[n+]1CC2. The molecule has 21 heavy (non-hydrogen) atoms. The third-order valence-electron chi connectivity index (χ3n) is 4.46. The Morgan fingerprint density at radius 3 is 2.90 bits per heavy atom. The van der Waals surface area contributed by atoms with Crippen LogP contribution in [-0.2, 0) is 19.4 Å². The first-order valence-corrected chi connectivity index (χ1v) is 8.72. The average Bonchev–Trinajstić information content (AvgIpc) is 2.91. The fraction of sp³-hybridized carbons (Fsp3) is 0.316. The second kappa shape index (κ2) is 5.27. The summed E-state index contributed by atoms with van der Waals surface area (Å²) in [5.41, 5.74) is 6.00. The fourth-order valence-corrected chi connectivity index (χ4v) is 4.69. The van der Waals surface area contributed by atoms with E-state index in [9.17, 15) is 0 Å². The highest BCUT2D eigenvalue weighted by Crippen LogP contribution is 2.36. The van der Waals surface area contributed by atoms with Gasteiger partial charge in [0.1, 0.15) is 4.70 Å². The summed E-state index contributed by atoms with van der Waals surface area (Å²) in [5, 5.41) is 1.46. The van der Waals surface area contributed by atoms with Crippen LogP contribution in [0.3, 0.4) is 0 Å². The highest BCUT2D eigenvalue weighted by Gasteiger charge is 2.29. The molecule has 0 atom stereocenters. The normalized spacial score (nSPS) is 13.2. The molecule has 1 nitrogen and oxygen atoms in total. The molecule has 0 unspecified atom stereocenters. The zero-order valence-corrected chi connectivity index (χ0v) is 13.2. The number of thiazole rings is 1. The van der Waals surface area contributed by atoms with Gasteiger partial charge < -0.3 is 0 Å². The largest absolute Gasteiger partial charge is 0.270 e. The minimum absolute atomic E-state index is 1.11. The van der Waals surface area contributed by atoms with Gasteiger partial charge in [0.15, 0.2) is 6.54 Å². The van der Waals surface area contributed by atoms with Crippen molar-refractivity contribution in [1.82, 2.24) is 0 Å². The van der Waals surface area contributed by atoms with Crippen LogP contribution in [0, 0.1) is 0 Å². The monoisotopic (exact) mass is 294 g/mol. The maximum atomic E-state index is 2.53. The third-order valence-corrected chi connectivity index (χ3v) is 5.65. The van der Waals surface area contributed by atoms with Crippen molar-refractivity contribution < 1.29 is 4.57 Å². The number of para-hydroxylation sites is 1. The van der Waals surface area contributed by atoms with E-state index in [1.54, 1.807) is 0 Å². The lowest BCUT2D eigenvalue weighted by atomic mass is 9.94. The van der Waals surface area contributed by atoms with Crippen molar-refractivity contribution >= 4 is 21.6 Å². The number of nitrogens with zero attached hydrogens (tertiary/aromatic N) is 1. The topological polar surface area (TPSA) is 3.88 Å². The zero-order chi connectivity index (χ0) is 14.2. The van der Waals surface area contributed by atoms with E-state index in [-0.39, 0.29) is 0 Å². The zero-order valence-electron chi connectivity index (χ0n) is 12.4. The van der Waals surface area contributed by atoms with Crippen LogP contribution in [0.25, 0.3) is 20.8 Å². The van der Waals surface area contributed by atoms with E-state index in [1.807, 2.05) is 11.3 Å². The molecule has 2 heteroatoms. The molecule has 2 aromatic carbocycles. The van der Waals surface area contributed by atoms with Gasteiger partial charge in [-0.2, -0.15) is 4.57 Å². The van der Waals surface area contributed by atoms with Gasteiger partial charge in [-0.15, -0.1) is 0 Å². The van der Waals surface area contributed by atoms with Crippen molar-refractivity contribution in [3.63, 3.8) is 0 Å². The number of rotatable bonds is 3. The Balaban J connectivity index is 1.94. The molecule has 0 spiro atoms. The van der Waals surface area contributed by atoms with Crippen molar-refractivity contribution in [2.24, 2.45) is 0 Å². The van der Waals surface area contributed by atoms with Gasteiger partial charge in [-0.3, -0.25) is 0 Å². The number of hydrogen-bond donors (Lipinski definition) is 0. The third kappa shape index (κ3) is 2.09. The lowest BCUT2D eigenvalue weighted by molar-refractivity contribution is -0.658. The number of unbranched alkanes of at least 4 members (excludes halogenated alkanes) is 1. The molecule has 1 aliphatic rings. The summed E-state index contributed by atoms with van der Waals surface area (Å²) in [6, 6.07) is 15.7. The molecule has 0 bridgehead atoms. The van der Waals surface area contributed by atoms with E-state index in [0.29, 0.717) is 0 Å². The van der Waals surface area contributed by atoms with E-state index in [0.717, 1.165) is 13.0 Å². The Morgan fingerprint density at radius 2 is 2.00 bits per heavy atom. The lowest BCUT2D eigenvalue weighted by Crippen LogP contribution is -2.38. The van der Waals surface area contributed by atoms with Gasteiger partial charge in [0.05, 0.1) is 5.56 Å². The summed E-state index contributed by atoms with van der Waals surface area (Å²) >= 11 is 1.95. The van der Waals surface area contributed by atoms with Gasteiger partial charge in [0.25, 0.3) is 5.01 Å². The number of aromatic nitrogens is 1. The summed E-state index contributed by atoms with van der Waals surface area (Å²) in [5.74, 6) is 0. The van der Waals surface area contributed by atoms with Crippen molar-refractivity contribution in [3.8, 4) is 10.6 Å². The molecule has 1 aromatic heterocycles. The smallest absolute Gasteiger partial charge is 0.181 e. The Labute approximate surface area is 129 Å². The summed E-state index contributed by atoms with van der Waals surface area (Å²) in [4.78, 5) is 0. The Kier molecular flexibility index (Phi) is 3.27. The number of benzene rings is 2. The minimum Gasteiger partial charge on any atom is -0.181 e. The van der Waals surface area contributed by atoms with Gasteiger partial charge >= 0.3 is 0 Å². The van der Waals surface area contributed by atoms with E-state index in [1.165, 1.54) is 51.2 Å². The molecular formula is C19H20NS+. The maximum Gasteiger partial charge on any atom is 0.270 e. The molecule has 1 aliphatic heterocycles. The molecule has 0 aliphatic carbocycles. The Hall–Kier alpha value is -1.67. The van der Waals surface area contributed by atoms with Crippen LogP contribution in [0.15, 0.2) is 42.5 Å². The first-order valence-electron chi connectivity index (χ1n) is 7.91. The standard InChI is InChI=1S/C19H20NS/c1-2-3-7-14-8-6-9-15-12-13-20-16-10-4-5-11-17(16)21-19(20)18(14)15/h4-6,8-11H,2-3,7,12-13H2,1H3/q+1. The summed E-state index contributed by atoms with van der Waals surface area (Å²) in [6.45, 7) is 3.39. The van der Waals surface area contributed by atoms with Gasteiger partial charge in [-0.05, 0) is 30.0 Å². The van der Waals surface area contributed by atoms with Crippen molar-refractivity contribution in [1.29, 1.82) is 0 Å². The van der Waals surface area contributed by atoms with Crippen molar-refractivity contribution in [3.05, 3.63) is 53.6 Å². The van der Waals surface area contributed by atoms with Crippen LogP contribution in [0.5, 0.6) is 0 Å². The molecule has 0 amide bonds. The Morgan fingerprint density at radius 1 is 1.10 bits per heavy atom. The molecule has 0 N–H and O–H groups in total. The second-order valence-corrected chi connectivity index (χ2v) is 6.86. The molecule has 2 heterocycles. The van der Waals surface area contributed by atoms with E-state index in [4.69, 9.17) is 0 Å². The number of hydrogen-bond acceptors (Lipinski definition) is 1. The number of fused-ring (bicyclic) bond motifs is 5. The fourth-order valence-electron chi connectivity index (χ4n) is 3.39. The highest BCUT2D eigenvalue weighted by atomic mass is 32.1. The summed E-state index contributed by atoms with van der Waals surface area (Å²) in [7, 11) is 0. The van der Waals surface area contributed by atoms with Crippen LogP contribution < -0.4 is 4.57 Å². The molecule has 0 saturated heterocycles. The van der Waals surface area contributed by atoms with Crippen LogP contribution in [-0.4, -0.2) is 0 Å². The molecule has 0 saturated carbocycles. The van der Waals surface area contributed by atoms with Crippen LogP contribution in [0.1, 0.15) is 30.9 Å². The van der Waals surface area contributed by atoms with Crippen LogP contribution in [0.2, 0.25) is 0 Å². The molecule has 3 aromatic rings. The van der Waals surface area contributed by atoms with Crippen molar-refractivity contribution in [2.75, 3.05) is 0 Å². The van der Waals surface area contributed by atoms with Gasteiger partial charge in [-0.25, -0.2) is 0 Å².